The highest BCUT2D eigenvalue weighted by molar-refractivity contribution is 5.98. The Morgan fingerprint density at radius 2 is 1.86 bits per heavy atom. The lowest BCUT2D eigenvalue weighted by molar-refractivity contribution is -0.145. The lowest BCUT2D eigenvalue weighted by atomic mass is 10.1. The Labute approximate surface area is 166 Å². The molecule has 0 saturated carbocycles. The van der Waals surface area contributed by atoms with Crippen LogP contribution in [-0.2, 0) is 16.1 Å². The van der Waals surface area contributed by atoms with E-state index in [1.807, 2.05) is 0 Å². The number of furan rings is 1. The van der Waals surface area contributed by atoms with Crippen LogP contribution in [0.1, 0.15) is 35.3 Å². The molecule has 0 fully saturated rings. The summed E-state index contributed by atoms with van der Waals surface area (Å²) in [4.78, 5) is 24.4. The summed E-state index contributed by atoms with van der Waals surface area (Å²) in [6.45, 7) is 1.09. The summed E-state index contributed by atoms with van der Waals surface area (Å²) in [6, 6.07) is 10.1. The number of aromatic nitrogens is 1. The molecule has 3 heterocycles. The number of benzene rings is 1. The monoisotopic (exact) mass is 397 g/mol. The average molecular weight is 397 g/mol. The number of hydrogen-bond acceptors (Lipinski definition) is 8. The first kappa shape index (κ1) is 18.8. The molecule has 1 aliphatic heterocycles. The molecule has 0 spiro atoms. The minimum atomic E-state index is -0.491. The minimum Gasteiger partial charge on any atom is -0.490 e. The third kappa shape index (κ3) is 4.66. The van der Waals surface area contributed by atoms with Crippen LogP contribution in [0.25, 0.3) is 11.5 Å². The van der Waals surface area contributed by atoms with E-state index in [0.717, 1.165) is 6.42 Å². The Bertz CT molecular complexity index is 990. The van der Waals surface area contributed by atoms with Gasteiger partial charge in [0.15, 0.2) is 23.0 Å². The Kier molecular flexibility index (Phi) is 5.60. The van der Waals surface area contributed by atoms with E-state index in [4.69, 9.17) is 23.2 Å². The fourth-order valence-corrected chi connectivity index (χ4v) is 2.84. The van der Waals surface area contributed by atoms with Crippen molar-refractivity contribution in [3.8, 4) is 23.0 Å². The summed E-state index contributed by atoms with van der Waals surface area (Å²) in [5, 5.41) is 3.83. The molecule has 2 aromatic heterocycles. The van der Waals surface area contributed by atoms with Gasteiger partial charge in [-0.3, -0.25) is 9.59 Å². The standard InChI is InChI=1S/C21H19NO7/c23-16(14-4-6-18-19(11-14)27-10-2-9-26-18)5-7-21(24)28-13-15-12-20(29-22-15)17-3-1-8-25-17/h1,3-4,6,8,11-12H,2,5,7,9-10,13H2. The molecular weight excluding hydrogens is 378 g/mol. The van der Waals surface area contributed by atoms with E-state index in [2.05, 4.69) is 5.16 Å². The Hall–Kier alpha value is -3.55. The van der Waals surface area contributed by atoms with Crippen LogP contribution in [0, 0.1) is 0 Å². The van der Waals surface area contributed by atoms with Crippen LogP contribution in [0.2, 0.25) is 0 Å². The Balaban J connectivity index is 1.26. The van der Waals surface area contributed by atoms with Gasteiger partial charge in [0.25, 0.3) is 0 Å². The summed E-state index contributed by atoms with van der Waals surface area (Å²) in [5.74, 6) is 1.50. The van der Waals surface area contributed by atoms with Crippen LogP contribution < -0.4 is 9.47 Å². The number of rotatable bonds is 7. The van der Waals surface area contributed by atoms with Gasteiger partial charge in [-0.05, 0) is 30.3 Å². The van der Waals surface area contributed by atoms with E-state index in [1.54, 1.807) is 36.4 Å². The van der Waals surface area contributed by atoms with E-state index in [1.165, 1.54) is 6.26 Å². The molecular formula is C21H19NO7. The van der Waals surface area contributed by atoms with E-state index in [0.29, 0.717) is 47.5 Å². The second kappa shape index (κ2) is 8.64. The molecule has 0 amide bonds. The minimum absolute atomic E-state index is 0.0316. The summed E-state index contributed by atoms with van der Waals surface area (Å²) >= 11 is 0. The molecule has 150 valence electrons. The number of carbonyl (C=O) groups excluding carboxylic acids is 2. The maximum atomic E-state index is 12.4. The smallest absolute Gasteiger partial charge is 0.306 e. The average Bonchev–Trinajstić information content (AvgIpc) is 3.38. The summed E-state index contributed by atoms with van der Waals surface area (Å²) in [7, 11) is 0. The van der Waals surface area contributed by atoms with Gasteiger partial charge in [-0.1, -0.05) is 5.16 Å². The van der Waals surface area contributed by atoms with Crippen LogP contribution in [0.3, 0.4) is 0 Å². The summed E-state index contributed by atoms with van der Waals surface area (Å²) < 4.78 is 26.7. The first-order valence-electron chi connectivity index (χ1n) is 9.27. The van der Waals surface area contributed by atoms with Gasteiger partial charge in [0.05, 0.1) is 25.9 Å². The van der Waals surface area contributed by atoms with Crippen molar-refractivity contribution in [1.82, 2.24) is 5.16 Å². The normalized spacial score (nSPS) is 13.0. The topological polar surface area (TPSA) is 101 Å². The highest BCUT2D eigenvalue weighted by Crippen LogP contribution is 2.31. The van der Waals surface area contributed by atoms with Gasteiger partial charge < -0.3 is 23.2 Å². The number of hydrogen-bond donors (Lipinski definition) is 0. The summed E-state index contributed by atoms with van der Waals surface area (Å²) in [6.07, 6.45) is 2.32. The fourth-order valence-electron chi connectivity index (χ4n) is 2.84. The first-order valence-corrected chi connectivity index (χ1v) is 9.27. The van der Waals surface area contributed by atoms with Gasteiger partial charge in [0, 0.05) is 24.5 Å². The Morgan fingerprint density at radius 1 is 1.00 bits per heavy atom. The maximum absolute atomic E-state index is 12.4. The van der Waals surface area contributed by atoms with Gasteiger partial charge >= 0.3 is 5.97 Å². The number of esters is 1. The summed E-state index contributed by atoms with van der Waals surface area (Å²) in [5.41, 5.74) is 0.931. The lowest BCUT2D eigenvalue weighted by Gasteiger charge is -2.08. The predicted octanol–water partition coefficient (Wildman–Crippen LogP) is 3.80. The van der Waals surface area contributed by atoms with Crippen molar-refractivity contribution in [2.24, 2.45) is 0 Å². The van der Waals surface area contributed by atoms with Crippen LogP contribution in [0.5, 0.6) is 11.5 Å². The van der Waals surface area contributed by atoms with Gasteiger partial charge in [-0.2, -0.15) is 0 Å². The van der Waals surface area contributed by atoms with Crippen molar-refractivity contribution in [3.05, 3.63) is 53.9 Å². The SMILES string of the molecule is O=C(CCC(=O)c1ccc2c(c1)OCCCO2)OCc1cc(-c2ccco2)on1. The maximum Gasteiger partial charge on any atom is 0.306 e. The van der Waals surface area contributed by atoms with Crippen molar-refractivity contribution in [1.29, 1.82) is 0 Å². The van der Waals surface area contributed by atoms with Gasteiger partial charge in [-0.25, -0.2) is 0 Å². The first-order chi connectivity index (χ1) is 14.2. The molecule has 0 unspecified atom stereocenters. The number of carbonyl (C=O) groups is 2. The molecule has 1 aliphatic rings. The molecule has 3 aromatic rings. The zero-order valence-electron chi connectivity index (χ0n) is 15.6. The van der Waals surface area contributed by atoms with Crippen LogP contribution >= 0.6 is 0 Å². The van der Waals surface area contributed by atoms with E-state index in [9.17, 15) is 9.59 Å². The van der Waals surface area contributed by atoms with Crippen molar-refractivity contribution in [2.45, 2.75) is 25.9 Å². The molecule has 29 heavy (non-hydrogen) atoms. The van der Waals surface area contributed by atoms with Crippen molar-refractivity contribution >= 4 is 11.8 Å². The van der Waals surface area contributed by atoms with Gasteiger partial charge in [0.1, 0.15) is 12.3 Å². The fraction of sp³-hybridized carbons (Fsp3) is 0.286. The molecule has 8 nitrogen and oxygen atoms in total. The second-order valence-corrected chi connectivity index (χ2v) is 6.46. The zero-order chi connectivity index (χ0) is 20.1. The molecule has 0 atom stereocenters. The van der Waals surface area contributed by atoms with E-state index < -0.39 is 5.97 Å². The molecule has 0 bridgehead atoms. The largest absolute Gasteiger partial charge is 0.490 e. The zero-order valence-corrected chi connectivity index (χ0v) is 15.6. The number of fused-ring (bicyclic) bond motifs is 1. The molecule has 0 N–H and O–H groups in total. The molecule has 8 heteroatoms. The lowest BCUT2D eigenvalue weighted by Crippen LogP contribution is -2.08. The van der Waals surface area contributed by atoms with Crippen molar-refractivity contribution in [2.75, 3.05) is 13.2 Å². The third-order valence-corrected chi connectivity index (χ3v) is 4.33. The van der Waals surface area contributed by atoms with Crippen LogP contribution in [0.4, 0.5) is 0 Å². The molecule has 1 aromatic carbocycles. The predicted molar refractivity (Wildman–Crippen MR) is 99.6 cm³/mol. The van der Waals surface area contributed by atoms with Crippen molar-refractivity contribution in [3.63, 3.8) is 0 Å². The number of ether oxygens (including phenoxy) is 3. The molecule has 0 radical (unpaired) electrons. The Morgan fingerprint density at radius 3 is 2.69 bits per heavy atom. The number of Topliss-reactive ketones (excluding diaryl/α,β-unsaturated/α-hetero) is 1. The molecule has 0 aliphatic carbocycles. The quantitative estimate of drug-likeness (QED) is 0.438. The number of nitrogens with zero attached hydrogens (tertiary/aromatic N) is 1. The second-order valence-electron chi connectivity index (χ2n) is 6.46. The van der Waals surface area contributed by atoms with Crippen molar-refractivity contribution < 1.29 is 32.7 Å². The van der Waals surface area contributed by atoms with Crippen LogP contribution in [0.15, 0.2) is 51.6 Å². The highest BCUT2D eigenvalue weighted by Gasteiger charge is 2.16. The van der Waals surface area contributed by atoms with Gasteiger partial charge in [0.2, 0.25) is 5.76 Å². The van der Waals surface area contributed by atoms with Gasteiger partial charge in [-0.15, -0.1) is 0 Å². The third-order valence-electron chi connectivity index (χ3n) is 4.33. The molecule has 4 rings (SSSR count). The van der Waals surface area contributed by atoms with Crippen LogP contribution in [-0.4, -0.2) is 30.1 Å². The van der Waals surface area contributed by atoms with E-state index in [-0.39, 0.29) is 25.2 Å². The highest BCUT2D eigenvalue weighted by atomic mass is 16.5. The number of ketones is 1. The van der Waals surface area contributed by atoms with E-state index >= 15 is 0 Å². The molecule has 0 saturated heterocycles.